The summed E-state index contributed by atoms with van der Waals surface area (Å²) in [6, 6.07) is 7.38. The minimum Gasteiger partial charge on any atom is -0.460 e. The maximum atomic E-state index is 11.6. The van der Waals surface area contributed by atoms with Gasteiger partial charge in [0.2, 0.25) is 0 Å². The molecule has 0 unspecified atom stereocenters. The van der Waals surface area contributed by atoms with Crippen LogP contribution < -0.4 is 0 Å². The highest BCUT2D eigenvalue weighted by Crippen LogP contribution is 2.20. The number of halogens is 2. The van der Waals surface area contributed by atoms with Gasteiger partial charge in [-0.3, -0.25) is 9.59 Å². The molecule has 0 heterocycles. The molecule has 0 aliphatic heterocycles. The summed E-state index contributed by atoms with van der Waals surface area (Å²) >= 11 is 6.50. The highest BCUT2D eigenvalue weighted by molar-refractivity contribution is 9.10. The van der Waals surface area contributed by atoms with Crippen LogP contribution in [0.4, 0.5) is 0 Å². The minimum atomic E-state index is -0.691. The van der Waals surface area contributed by atoms with Gasteiger partial charge < -0.3 is 9.47 Å². The molecule has 0 N–H and O–H groups in total. The summed E-state index contributed by atoms with van der Waals surface area (Å²) in [6.07, 6.45) is 0. The third-order valence-electron chi connectivity index (χ3n) is 2.73. The fourth-order valence-corrected chi connectivity index (χ4v) is 1.60. The summed E-state index contributed by atoms with van der Waals surface area (Å²) in [5.74, 6) is -0.630. The normalized spacial score (nSPS) is 11.9. The van der Waals surface area contributed by atoms with Gasteiger partial charge in [-0.25, -0.2) is 0 Å². The van der Waals surface area contributed by atoms with Crippen LogP contribution >= 0.6 is 31.9 Å². The van der Waals surface area contributed by atoms with Gasteiger partial charge in [0.1, 0.15) is 21.9 Å². The lowest BCUT2D eigenvalue weighted by Crippen LogP contribution is -2.26. The van der Waals surface area contributed by atoms with Crippen LogP contribution in [0.3, 0.4) is 0 Å². The number of esters is 2. The van der Waals surface area contributed by atoms with Gasteiger partial charge in [0.05, 0.1) is 0 Å². The van der Waals surface area contributed by atoms with Gasteiger partial charge in [0, 0.05) is 0 Å². The monoisotopic (exact) mass is 434 g/mol. The van der Waals surface area contributed by atoms with Crippen molar-refractivity contribution in [3.8, 4) is 0 Å². The van der Waals surface area contributed by atoms with Crippen LogP contribution in [0.15, 0.2) is 24.3 Å². The van der Waals surface area contributed by atoms with E-state index in [-0.39, 0.29) is 25.2 Å². The van der Waals surface area contributed by atoms with Crippen molar-refractivity contribution in [2.45, 2.75) is 49.6 Å². The molecule has 0 saturated heterocycles. The lowest BCUT2D eigenvalue weighted by atomic mass is 10.1. The summed E-state index contributed by atoms with van der Waals surface area (Å²) in [5.41, 5.74) is 1.75. The molecule has 1 aromatic carbocycles. The van der Waals surface area contributed by atoms with Crippen molar-refractivity contribution in [3.05, 3.63) is 35.4 Å². The van der Waals surface area contributed by atoms with Gasteiger partial charge in [-0.05, 0) is 38.8 Å². The largest absolute Gasteiger partial charge is 0.460 e. The molecule has 0 amide bonds. The molecule has 22 heavy (non-hydrogen) atoms. The molecule has 0 aromatic heterocycles. The van der Waals surface area contributed by atoms with E-state index in [1.165, 1.54) is 0 Å². The Morgan fingerprint density at radius 1 is 0.818 bits per heavy atom. The van der Waals surface area contributed by atoms with Gasteiger partial charge >= 0.3 is 11.9 Å². The van der Waals surface area contributed by atoms with Crippen LogP contribution in [-0.2, 0) is 32.3 Å². The van der Waals surface area contributed by atoms with Gasteiger partial charge in [-0.1, -0.05) is 56.1 Å². The number of hydrogen-bond acceptors (Lipinski definition) is 4. The summed E-state index contributed by atoms with van der Waals surface area (Å²) in [7, 11) is 0. The number of carbonyl (C=O) groups excluding carboxylic acids is 2. The first-order chi connectivity index (χ1) is 10.00. The molecule has 6 heteroatoms. The summed E-state index contributed by atoms with van der Waals surface area (Å²) < 4.78 is 9.01. The van der Waals surface area contributed by atoms with Crippen molar-refractivity contribution in [1.29, 1.82) is 0 Å². The SMILES string of the molecule is CC(C)(Br)C(=O)OCc1ccc(COC(=O)C(C)(C)Br)cc1. The first-order valence-electron chi connectivity index (χ1n) is 6.80. The molecule has 4 nitrogen and oxygen atoms in total. The molecule has 0 spiro atoms. The Kier molecular flexibility index (Phi) is 6.62. The van der Waals surface area contributed by atoms with Crippen LogP contribution in [0.25, 0.3) is 0 Å². The molecule has 122 valence electrons. The van der Waals surface area contributed by atoms with Gasteiger partial charge in [-0.15, -0.1) is 0 Å². The van der Waals surface area contributed by atoms with Crippen LogP contribution in [0.1, 0.15) is 38.8 Å². The molecule has 0 atom stereocenters. The van der Waals surface area contributed by atoms with Crippen LogP contribution in [0, 0.1) is 0 Å². The summed E-state index contributed by atoms with van der Waals surface area (Å²) in [5, 5.41) is 0. The third-order valence-corrected chi connectivity index (χ3v) is 3.38. The van der Waals surface area contributed by atoms with Crippen LogP contribution in [-0.4, -0.2) is 20.6 Å². The van der Waals surface area contributed by atoms with Crippen LogP contribution in [0.5, 0.6) is 0 Å². The molecular weight excluding hydrogens is 416 g/mol. The topological polar surface area (TPSA) is 52.6 Å². The Labute approximate surface area is 147 Å². The standard InChI is InChI=1S/C16H20Br2O4/c1-15(2,17)13(19)21-9-11-5-7-12(8-6-11)10-22-14(20)16(3,4)18/h5-8H,9-10H2,1-4H3. The molecule has 0 aliphatic rings. The number of carbonyl (C=O) groups is 2. The van der Waals surface area contributed by atoms with E-state index in [1.807, 2.05) is 24.3 Å². The first kappa shape index (κ1) is 19.2. The van der Waals surface area contributed by atoms with Crippen molar-refractivity contribution >= 4 is 43.8 Å². The number of hydrogen-bond donors (Lipinski definition) is 0. The van der Waals surface area contributed by atoms with Gasteiger partial charge in [-0.2, -0.15) is 0 Å². The Morgan fingerprint density at radius 2 is 1.09 bits per heavy atom. The molecule has 0 radical (unpaired) electrons. The van der Waals surface area contributed by atoms with Gasteiger partial charge in [0.15, 0.2) is 0 Å². The zero-order valence-electron chi connectivity index (χ0n) is 13.1. The second-order valence-corrected chi connectivity index (χ2v) is 9.88. The summed E-state index contributed by atoms with van der Waals surface area (Å²) in [4.78, 5) is 23.3. The molecular formula is C16H20Br2O4. The molecule has 0 saturated carbocycles. The highest BCUT2D eigenvalue weighted by Gasteiger charge is 2.26. The van der Waals surface area contributed by atoms with Gasteiger partial charge in [0.25, 0.3) is 0 Å². The van der Waals surface area contributed by atoms with Crippen molar-refractivity contribution in [1.82, 2.24) is 0 Å². The third kappa shape index (κ3) is 6.48. The zero-order chi connectivity index (χ0) is 17.0. The van der Waals surface area contributed by atoms with E-state index in [0.29, 0.717) is 0 Å². The van der Waals surface area contributed by atoms with E-state index in [2.05, 4.69) is 31.9 Å². The number of benzene rings is 1. The average Bonchev–Trinajstić information content (AvgIpc) is 2.41. The molecule has 0 aliphatic carbocycles. The lowest BCUT2D eigenvalue weighted by Gasteiger charge is -2.15. The number of ether oxygens (including phenoxy) is 2. The zero-order valence-corrected chi connectivity index (χ0v) is 16.3. The fraction of sp³-hybridized carbons (Fsp3) is 0.500. The van der Waals surface area contributed by atoms with E-state index >= 15 is 0 Å². The van der Waals surface area contributed by atoms with E-state index in [9.17, 15) is 9.59 Å². The Hall–Kier alpha value is -0.880. The second-order valence-electron chi connectivity index (χ2n) is 5.91. The Bertz CT molecular complexity index is 476. The van der Waals surface area contributed by atoms with Crippen molar-refractivity contribution in [2.24, 2.45) is 0 Å². The number of alkyl halides is 2. The number of rotatable bonds is 6. The van der Waals surface area contributed by atoms with E-state index in [0.717, 1.165) is 11.1 Å². The second kappa shape index (κ2) is 7.59. The van der Waals surface area contributed by atoms with E-state index in [4.69, 9.17) is 9.47 Å². The summed E-state index contributed by atoms with van der Waals surface area (Å²) in [6.45, 7) is 7.36. The predicted molar refractivity (Wildman–Crippen MR) is 92.0 cm³/mol. The molecule has 1 aromatic rings. The maximum Gasteiger partial charge on any atom is 0.322 e. The lowest BCUT2D eigenvalue weighted by molar-refractivity contribution is -0.147. The van der Waals surface area contributed by atoms with E-state index in [1.54, 1.807) is 27.7 Å². The first-order valence-corrected chi connectivity index (χ1v) is 8.39. The maximum absolute atomic E-state index is 11.6. The fourth-order valence-electron chi connectivity index (χ4n) is 1.37. The minimum absolute atomic E-state index is 0.211. The average molecular weight is 436 g/mol. The molecule has 0 bridgehead atoms. The van der Waals surface area contributed by atoms with Crippen molar-refractivity contribution in [2.75, 3.05) is 0 Å². The Balaban J connectivity index is 2.50. The van der Waals surface area contributed by atoms with E-state index < -0.39 is 8.65 Å². The van der Waals surface area contributed by atoms with Crippen LogP contribution in [0.2, 0.25) is 0 Å². The predicted octanol–water partition coefficient (Wildman–Crippen LogP) is 4.12. The molecule has 1 rings (SSSR count). The molecule has 0 fully saturated rings. The van der Waals surface area contributed by atoms with Crippen molar-refractivity contribution in [3.63, 3.8) is 0 Å². The quantitative estimate of drug-likeness (QED) is 0.498. The highest BCUT2D eigenvalue weighted by atomic mass is 79.9. The smallest absolute Gasteiger partial charge is 0.322 e. The Morgan fingerprint density at radius 3 is 1.32 bits per heavy atom. The van der Waals surface area contributed by atoms with Crippen molar-refractivity contribution < 1.29 is 19.1 Å².